The Morgan fingerprint density at radius 1 is 0.931 bits per heavy atom. The molecule has 29 heavy (non-hydrogen) atoms. The van der Waals surface area contributed by atoms with Gasteiger partial charge >= 0.3 is 11.6 Å². The average Bonchev–Trinajstić information content (AvgIpc) is 2.68. The van der Waals surface area contributed by atoms with Crippen molar-refractivity contribution < 1.29 is 44.2 Å². The number of fused-ring (bicyclic) bond motifs is 3. The van der Waals surface area contributed by atoms with Crippen molar-refractivity contribution in [2.24, 2.45) is 0 Å². The molecule has 1 fully saturated rings. The van der Waals surface area contributed by atoms with Gasteiger partial charge in [-0.05, 0) is 30.3 Å². The van der Waals surface area contributed by atoms with E-state index in [9.17, 15) is 30.0 Å². The Balaban J connectivity index is 1.70. The molecule has 0 unspecified atom stereocenters. The van der Waals surface area contributed by atoms with Crippen molar-refractivity contribution in [1.29, 1.82) is 0 Å². The number of hydrogen-bond acceptors (Lipinski definition) is 9. The van der Waals surface area contributed by atoms with Crippen molar-refractivity contribution in [3.63, 3.8) is 0 Å². The zero-order chi connectivity index (χ0) is 20.9. The molecule has 152 valence electrons. The van der Waals surface area contributed by atoms with Gasteiger partial charge < -0.3 is 39.4 Å². The second-order valence-electron chi connectivity index (χ2n) is 6.63. The van der Waals surface area contributed by atoms with Gasteiger partial charge in [-0.25, -0.2) is 9.59 Å². The third-order valence-corrected chi connectivity index (χ3v) is 4.73. The summed E-state index contributed by atoms with van der Waals surface area (Å²) in [5.74, 6) is -1.55. The van der Waals surface area contributed by atoms with E-state index in [4.69, 9.17) is 19.0 Å². The molecule has 0 aliphatic carbocycles. The molecule has 10 heteroatoms. The summed E-state index contributed by atoms with van der Waals surface area (Å²) in [5, 5.41) is 49.6. The Hall–Kier alpha value is -3.18. The lowest BCUT2D eigenvalue weighted by Gasteiger charge is -2.38. The standard InChI is InChI=1S/C19H16O10/c20-7-1-3-9-10-4-2-8(6-12(10)28-18(26)11(9)5-7)27-19-15(23)13(21)14(22)16(29-19)17(24)25/h1-6,13-16,19-23H,(H,24,25)/t13-,14-,15+,16-,19+/m0/s1. The Kier molecular flexibility index (Phi) is 4.63. The fourth-order valence-electron chi connectivity index (χ4n) is 3.26. The molecular weight excluding hydrogens is 388 g/mol. The van der Waals surface area contributed by atoms with E-state index in [2.05, 4.69) is 0 Å². The van der Waals surface area contributed by atoms with Gasteiger partial charge in [0.25, 0.3) is 0 Å². The SMILES string of the molecule is O=C(O)[C@H]1O[C@@H](Oc2ccc3c(c2)oc(=O)c2cc(O)ccc23)[C@H](O)[C@@H](O)[C@@H]1O. The molecule has 0 radical (unpaired) electrons. The number of carboxylic acid groups (broad SMARTS) is 1. The van der Waals surface area contributed by atoms with Crippen molar-refractivity contribution >= 4 is 27.7 Å². The van der Waals surface area contributed by atoms with Crippen LogP contribution in [0.4, 0.5) is 0 Å². The number of carboxylic acids is 1. The summed E-state index contributed by atoms with van der Waals surface area (Å²) < 4.78 is 15.8. The first-order valence-corrected chi connectivity index (χ1v) is 8.55. The average molecular weight is 404 g/mol. The van der Waals surface area contributed by atoms with Crippen LogP contribution in [0.3, 0.4) is 0 Å². The van der Waals surface area contributed by atoms with Gasteiger partial charge in [-0.3, -0.25) is 0 Å². The molecule has 0 amide bonds. The van der Waals surface area contributed by atoms with Crippen molar-refractivity contribution in [2.75, 3.05) is 0 Å². The van der Waals surface area contributed by atoms with Gasteiger partial charge in [0, 0.05) is 16.8 Å². The third-order valence-electron chi connectivity index (χ3n) is 4.73. The van der Waals surface area contributed by atoms with Gasteiger partial charge in [0.2, 0.25) is 6.29 Å². The highest BCUT2D eigenvalue weighted by Crippen LogP contribution is 2.30. The number of ether oxygens (including phenoxy) is 2. The van der Waals surface area contributed by atoms with E-state index < -0.39 is 42.3 Å². The number of phenols is 1. The lowest BCUT2D eigenvalue weighted by molar-refractivity contribution is -0.271. The van der Waals surface area contributed by atoms with E-state index in [-0.39, 0.29) is 22.5 Å². The van der Waals surface area contributed by atoms with Crippen molar-refractivity contribution in [3.05, 3.63) is 46.8 Å². The van der Waals surface area contributed by atoms with Crippen LogP contribution in [-0.2, 0) is 9.53 Å². The summed E-state index contributed by atoms with van der Waals surface area (Å²) in [7, 11) is 0. The number of carbonyl (C=O) groups is 1. The molecule has 5 atom stereocenters. The molecule has 1 aliphatic heterocycles. The molecule has 0 bridgehead atoms. The minimum absolute atomic E-state index is 0.0653. The van der Waals surface area contributed by atoms with Crippen LogP contribution in [0.5, 0.6) is 11.5 Å². The lowest BCUT2D eigenvalue weighted by Crippen LogP contribution is -2.61. The smallest absolute Gasteiger partial charge is 0.344 e. The maximum atomic E-state index is 12.2. The number of aliphatic hydroxyl groups excluding tert-OH is 3. The normalized spacial score (nSPS) is 27.2. The predicted octanol–water partition coefficient (Wildman–Crippen LogP) is -0.0772. The summed E-state index contributed by atoms with van der Waals surface area (Å²) in [6, 6.07) is 8.66. The zero-order valence-corrected chi connectivity index (χ0v) is 14.6. The van der Waals surface area contributed by atoms with E-state index >= 15 is 0 Å². The Labute approximate surface area is 161 Å². The molecule has 10 nitrogen and oxygen atoms in total. The molecule has 3 aromatic rings. The minimum Gasteiger partial charge on any atom is -0.508 e. The van der Waals surface area contributed by atoms with Gasteiger partial charge in [0.15, 0.2) is 6.10 Å². The number of rotatable bonds is 3. The maximum absolute atomic E-state index is 12.2. The number of phenolic OH excluding ortho intramolecular Hbond substituents is 1. The minimum atomic E-state index is -1.83. The first-order valence-electron chi connectivity index (χ1n) is 8.55. The Morgan fingerprint density at radius 2 is 1.66 bits per heavy atom. The van der Waals surface area contributed by atoms with E-state index in [0.29, 0.717) is 10.8 Å². The van der Waals surface area contributed by atoms with E-state index in [0.717, 1.165) is 0 Å². The fourth-order valence-corrected chi connectivity index (χ4v) is 3.26. The summed E-state index contributed by atoms with van der Waals surface area (Å²) >= 11 is 0. The van der Waals surface area contributed by atoms with Crippen molar-refractivity contribution in [1.82, 2.24) is 0 Å². The number of benzene rings is 2. The molecular formula is C19H16O10. The maximum Gasteiger partial charge on any atom is 0.344 e. The number of hydrogen-bond donors (Lipinski definition) is 5. The van der Waals surface area contributed by atoms with Crippen LogP contribution < -0.4 is 10.4 Å². The van der Waals surface area contributed by atoms with Crippen molar-refractivity contribution in [2.45, 2.75) is 30.7 Å². The van der Waals surface area contributed by atoms with Gasteiger partial charge in [0.1, 0.15) is 35.4 Å². The summed E-state index contributed by atoms with van der Waals surface area (Å²) in [4.78, 5) is 23.4. The second-order valence-corrected chi connectivity index (χ2v) is 6.63. The molecule has 1 saturated heterocycles. The molecule has 4 rings (SSSR count). The molecule has 1 aliphatic rings. The van der Waals surface area contributed by atoms with Gasteiger partial charge in [-0.2, -0.15) is 0 Å². The van der Waals surface area contributed by atoms with Crippen LogP contribution in [-0.4, -0.2) is 62.2 Å². The lowest BCUT2D eigenvalue weighted by atomic mass is 9.99. The molecule has 2 aromatic carbocycles. The first kappa shape index (κ1) is 19.2. The van der Waals surface area contributed by atoms with Crippen molar-refractivity contribution in [3.8, 4) is 11.5 Å². The Bertz CT molecular complexity index is 1150. The highest BCUT2D eigenvalue weighted by molar-refractivity contribution is 6.04. The van der Waals surface area contributed by atoms with Crippen LogP contribution in [0.25, 0.3) is 21.7 Å². The topological polar surface area (TPSA) is 167 Å². The number of aromatic hydroxyl groups is 1. The van der Waals surface area contributed by atoms with Crippen LogP contribution in [0, 0.1) is 0 Å². The number of aliphatic carboxylic acids is 1. The molecule has 0 spiro atoms. The second kappa shape index (κ2) is 7.01. The zero-order valence-electron chi connectivity index (χ0n) is 14.6. The largest absolute Gasteiger partial charge is 0.508 e. The van der Waals surface area contributed by atoms with Gasteiger partial charge in [-0.15, -0.1) is 0 Å². The fraction of sp³-hybridized carbons (Fsp3) is 0.263. The highest BCUT2D eigenvalue weighted by Gasteiger charge is 2.48. The van der Waals surface area contributed by atoms with Crippen LogP contribution in [0.15, 0.2) is 45.6 Å². The first-order chi connectivity index (χ1) is 13.8. The third kappa shape index (κ3) is 3.28. The molecule has 2 heterocycles. The molecule has 5 N–H and O–H groups in total. The Morgan fingerprint density at radius 3 is 2.38 bits per heavy atom. The van der Waals surface area contributed by atoms with Crippen LogP contribution >= 0.6 is 0 Å². The summed E-state index contributed by atoms with van der Waals surface area (Å²) in [5.41, 5.74) is -0.537. The van der Waals surface area contributed by atoms with Crippen LogP contribution in [0.2, 0.25) is 0 Å². The predicted molar refractivity (Wildman–Crippen MR) is 96.6 cm³/mol. The van der Waals surface area contributed by atoms with E-state index in [1.165, 1.54) is 24.3 Å². The summed E-state index contributed by atoms with van der Waals surface area (Å²) in [6.07, 6.45) is -8.74. The number of aliphatic hydroxyl groups is 3. The molecule has 1 aromatic heterocycles. The van der Waals surface area contributed by atoms with Crippen LogP contribution in [0.1, 0.15) is 0 Å². The van der Waals surface area contributed by atoms with E-state index in [1.54, 1.807) is 12.1 Å². The van der Waals surface area contributed by atoms with Gasteiger partial charge in [-0.1, -0.05) is 0 Å². The monoisotopic (exact) mass is 404 g/mol. The quantitative estimate of drug-likeness (QED) is 0.294. The van der Waals surface area contributed by atoms with Gasteiger partial charge in [0.05, 0.1) is 5.39 Å². The highest BCUT2D eigenvalue weighted by atomic mass is 16.7. The molecule has 0 saturated carbocycles. The summed E-state index contributed by atoms with van der Waals surface area (Å²) in [6.45, 7) is 0. The van der Waals surface area contributed by atoms with E-state index in [1.807, 2.05) is 0 Å².